The molecule has 0 fully saturated rings. The van der Waals surface area contributed by atoms with Gasteiger partial charge in [0.1, 0.15) is 11.5 Å². The zero-order valence-corrected chi connectivity index (χ0v) is 20.4. The van der Waals surface area contributed by atoms with Crippen LogP contribution in [0.1, 0.15) is 28.0 Å². The first kappa shape index (κ1) is 23.6. The van der Waals surface area contributed by atoms with Crippen LogP contribution in [0.15, 0.2) is 56.6 Å². The molecule has 186 valence electrons. The first-order valence-corrected chi connectivity index (χ1v) is 11.3. The molecule has 2 N–H and O–H groups in total. The first-order chi connectivity index (χ1) is 17.8. The maximum absolute atomic E-state index is 11.4. The van der Waals surface area contributed by atoms with Crippen molar-refractivity contribution in [3.63, 3.8) is 0 Å². The first-order valence-electron chi connectivity index (χ1n) is 11.3. The fourth-order valence-electron chi connectivity index (χ4n) is 3.72. The van der Waals surface area contributed by atoms with E-state index >= 15 is 0 Å². The zero-order chi connectivity index (χ0) is 26.1. The normalized spacial score (nSPS) is 11.4. The number of hydrogen-bond acceptors (Lipinski definition) is 11. The average Bonchev–Trinajstić information content (AvgIpc) is 3.53. The lowest BCUT2D eigenvalue weighted by atomic mass is 10.0. The van der Waals surface area contributed by atoms with E-state index < -0.39 is 4.92 Å². The number of hydrogen-bond donors (Lipinski definition) is 2. The maximum Gasteiger partial charge on any atom is 0.273 e. The highest BCUT2D eigenvalue weighted by atomic mass is 16.6. The van der Waals surface area contributed by atoms with Gasteiger partial charge in [-0.2, -0.15) is 10.1 Å². The highest BCUT2D eigenvalue weighted by molar-refractivity contribution is 5.81. The molecule has 0 aliphatic heterocycles. The standard InChI is InChI=1S/C25H22N8O4/c1-13-6-5-7-19(15(13)3)27-22-23(29-25-24(28-22)31-37-32-25)30-26-12-18-8-9-21(36-18)17-10-14(2)16(4)20(11-17)33(34)35/h5-12H,1-4H3,(H,27,28,31)(H,29,30,32). The molecule has 0 bridgehead atoms. The minimum Gasteiger partial charge on any atom is -0.455 e. The minimum absolute atomic E-state index is 0.0449. The molecular weight excluding hydrogens is 476 g/mol. The second-order valence-electron chi connectivity index (χ2n) is 8.47. The van der Waals surface area contributed by atoms with Crippen LogP contribution in [-0.4, -0.2) is 31.4 Å². The van der Waals surface area contributed by atoms with Gasteiger partial charge in [-0.25, -0.2) is 9.61 Å². The number of aromatic nitrogens is 4. The lowest BCUT2D eigenvalue weighted by molar-refractivity contribution is -0.385. The molecule has 0 aliphatic rings. The number of fused-ring (bicyclic) bond motifs is 1. The van der Waals surface area contributed by atoms with Gasteiger partial charge in [0, 0.05) is 22.9 Å². The number of anilines is 3. The third-order valence-corrected chi connectivity index (χ3v) is 6.08. The number of nitrogens with zero attached hydrogens (tertiary/aromatic N) is 6. The van der Waals surface area contributed by atoms with E-state index in [1.165, 1.54) is 12.3 Å². The smallest absolute Gasteiger partial charge is 0.273 e. The van der Waals surface area contributed by atoms with Gasteiger partial charge in [0.2, 0.25) is 11.3 Å². The Morgan fingerprint density at radius 2 is 1.70 bits per heavy atom. The summed E-state index contributed by atoms with van der Waals surface area (Å²) in [5.74, 6) is 1.61. The van der Waals surface area contributed by atoms with Gasteiger partial charge in [-0.3, -0.25) is 15.5 Å². The van der Waals surface area contributed by atoms with Crippen LogP contribution in [0, 0.1) is 37.8 Å². The van der Waals surface area contributed by atoms with Gasteiger partial charge in [-0.1, -0.05) is 12.1 Å². The molecule has 0 saturated carbocycles. The zero-order valence-electron chi connectivity index (χ0n) is 20.4. The molecule has 0 unspecified atom stereocenters. The number of rotatable bonds is 7. The highest BCUT2D eigenvalue weighted by Crippen LogP contribution is 2.31. The molecule has 0 aliphatic carbocycles. The maximum atomic E-state index is 11.4. The summed E-state index contributed by atoms with van der Waals surface area (Å²) < 4.78 is 10.6. The van der Waals surface area contributed by atoms with Gasteiger partial charge in [0.25, 0.3) is 5.69 Å². The molecule has 0 amide bonds. The van der Waals surface area contributed by atoms with E-state index in [1.54, 1.807) is 19.1 Å². The number of aryl methyl sites for hydroxylation is 2. The van der Waals surface area contributed by atoms with E-state index in [-0.39, 0.29) is 17.0 Å². The number of nitrogens with one attached hydrogen (secondary N) is 2. The summed E-state index contributed by atoms with van der Waals surface area (Å²) in [5, 5.41) is 26.4. The van der Waals surface area contributed by atoms with Crippen LogP contribution in [0.2, 0.25) is 0 Å². The topological polar surface area (TPSA) is 157 Å². The molecule has 3 aromatic heterocycles. The van der Waals surface area contributed by atoms with Gasteiger partial charge in [0.15, 0.2) is 11.6 Å². The fraction of sp³-hybridized carbons (Fsp3) is 0.160. The number of benzene rings is 2. The molecule has 12 nitrogen and oxygen atoms in total. The lowest BCUT2D eigenvalue weighted by Gasteiger charge is -2.12. The summed E-state index contributed by atoms with van der Waals surface area (Å²) in [7, 11) is 0. The Bertz CT molecular complexity index is 1670. The van der Waals surface area contributed by atoms with Crippen LogP contribution >= 0.6 is 0 Å². The quantitative estimate of drug-likeness (QED) is 0.164. The Hall–Kier alpha value is -5.13. The number of hydrazone groups is 1. The van der Waals surface area contributed by atoms with Gasteiger partial charge in [-0.05, 0) is 79.0 Å². The monoisotopic (exact) mass is 498 g/mol. The van der Waals surface area contributed by atoms with Gasteiger partial charge >= 0.3 is 0 Å². The van der Waals surface area contributed by atoms with Crippen LogP contribution in [0.3, 0.4) is 0 Å². The minimum atomic E-state index is -0.396. The second-order valence-corrected chi connectivity index (χ2v) is 8.47. The van der Waals surface area contributed by atoms with E-state index in [4.69, 9.17) is 9.05 Å². The van der Waals surface area contributed by atoms with Crippen molar-refractivity contribution < 1.29 is 14.0 Å². The Labute approximate surface area is 210 Å². The van der Waals surface area contributed by atoms with Crippen LogP contribution in [0.4, 0.5) is 23.0 Å². The fourth-order valence-corrected chi connectivity index (χ4v) is 3.72. The van der Waals surface area contributed by atoms with Crippen LogP contribution in [0.5, 0.6) is 0 Å². The van der Waals surface area contributed by atoms with Gasteiger partial charge < -0.3 is 9.73 Å². The molecule has 12 heteroatoms. The van der Waals surface area contributed by atoms with E-state index in [9.17, 15) is 10.1 Å². The van der Waals surface area contributed by atoms with E-state index in [0.717, 1.165) is 22.4 Å². The summed E-state index contributed by atoms with van der Waals surface area (Å²) in [6.45, 7) is 7.58. The third-order valence-electron chi connectivity index (χ3n) is 6.08. The molecule has 37 heavy (non-hydrogen) atoms. The number of nitro groups is 1. The molecule has 5 aromatic rings. The number of nitro benzene ring substituents is 1. The third kappa shape index (κ3) is 4.72. The lowest BCUT2D eigenvalue weighted by Crippen LogP contribution is -2.04. The average molecular weight is 499 g/mol. The van der Waals surface area contributed by atoms with Crippen molar-refractivity contribution in [2.75, 3.05) is 10.7 Å². The summed E-state index contributed by atoms with van der Waals surface area (Å²) >= 11 is 0. The second kappa shape index (κ2) is 9.49. The largest absolute Gasteiger partial charge is 0.455 e. The predicted octanol–water partition coefficient (Wildman–Crippen LogP) is 5.60. The van der Waals surface area contributed by atoms with Crippen LogP contribution in [0.25, 0.3) is 22.6 Å². The molecule has 5 rings (SSSR count). The highest BCUT2D eigenvalue weighted by Gasteiger charge is 2.17. The SMILES string of the molecule is Cc1cccc(Nc2nc3nonc3nc2NN=Cc2ccc(-c3cc(C)c(C)c([N+](=O)[O-])c3)o2)c1C. The summed E-state index contributed by atoms with van der Waals surface area (Å²) in [5.41, 5.74) is 8.46. The molecular formula is C25H22N8O4. The summed E-state index contributed by atoms with van der Waals surface area (Å²) in [6.07, 6.45) is 1.47. The summed E-state index contributed by atoms with van der Waals surface area (Å²) in [6, 6.07) is 12.7. The van der Waals surface area contributed by atoms with Crippen molar-refractivity contribution in [2.24, 2.45) is 5.10 Å². The Morgan fingerprint density at radius 3 is 2.46 bits per heavy atom. The number of furan rings is 1. The van der Waals surface area contributed by atoms with Crippen molar-refractivity contribution in [1.82, 2.24) is 20.3 Å². The summed E-state index contributed by atoms with van der Waals surface area (Å²) in [4.78, 5) is 19.9. The van der Waals surface area contributed by atoms with Crippen molar-refractivity contribution >= 4 is 40.5 Å². The predicted molar refractivity (Wildman–Crippen MR) is 138 cm³/mol. The molecule has 2 aromatic carbocycles. The Kier molecular flexibility index (Phi) is 6.05. The van der Waals surface area contributed by atoms with Crippen LogP contribution in [-0.2, 0) is 0 Å². The van der Waals surface area contributed by atoms with Crippen molar-refractivity contribution in [1.29, 1.82) is 0 Å². The van der Waals surface area contributed by atoms with Crippen molar-refractivity contribution in [3.05, 3.63) is 80.6 Å². The molecule has 0 radical (unpaired) electrons. The van der Waals surface area contributed by atoms with E-state index in [0.29, 0.717) is 34.3 Å². The van der Waals surface area contributed by atoms with E-state index in [2.05, 4.69) is 36.1 Å². The van der Waals surface area contributed by atoms with E-state index in [1.807, 2.05) is 45.0 Å². The van der Waals surface area contributed by atoms with Crippen molar-refractivity contribution in [3.8, 4) is 11.3 Å². The van der Waals surface area contributed by atoms with Crippen LogP contribution < -0.4 is 10.7 Å². The Morgan fingerprint density at radius 1 is 0.946 bits per heavy atom. The molecule has 3 heterocycles. The van der Waals surface area contributed by atoms with Crippen molar-refractivity contribution in [2.45, 2.75) is 27.7 Å². The van der Waals surface area contributed by atoms with Gasteiger partial charge in [-0.15, -0.1) is 0 Å². The molecule has 0 spiro atoms. The Balaban J connectivity index is 1.40. The van der Waals surface area contributed by atoms with Gasteiger partial charge in [0.05, 0.1) is 11.1 Å². The molecule has 0 saturated heterocycles. The molecule has 0 atom stereocenters.